The molecule has 0 radical (unpaired) electrons. The second-order valence-electron chi connectivity index (χ2n) is 4.75. The van der Waals surface area contributed by atoms with E-state index in [9.17, 15) is 0 Å². The first-order valence-corrected chi connectivity index (χ1v) is 7.73. The topological polar surface area (TPSA) is 55.9 Å². The second kappa shape index (κ2) is 6.99. The van der Waals surface area contributed by atoms with E-state index in [1.54, 1.807) is 10.7 Å². The number of nitrogens with two attached hydrogens (primary N) is 1. The molecular weight excluding hydrogens is 331 g/mol. The maximum atomic E-state index is 6.38. The molecule has 0 fully saturated rings. The lowest BCUT2D eigenvalue weighted by Crippen LogP contribution is -2.30. The Hall–Kier alpha value is -0.780. The quantitative estimate of drug-likeness (QED) is 0.640. The second-order valence-corrected chi connectivity index (χ2v) is 5.91. The Morgan fingerprint density at radius 2 is 2.00 bits per heavy atom. The zero-order chi connectivity index (χ0) is 15.6. The average molecular weight is 348 g/mol. The summed E-state index contributed by atoms with van der Waals surface area (Å²) in [5.41, 5.74) is 5.40. The van der Waals surface area contributed by atoms with E-state index in [0.717, 1.165) is 23.4 Å². The normalized spacial score (nSPS) is 12.7. The molecule has 0 aliphatic rings. The van der Waals surface area contributed by atoms with E-state index in [1.807, 2.05) is 26.1 Å². The van der Waals surface area contributed by atoms with Crippen LogP contribution in [0, 0.1) is 0 Å². The molecule has 21 heavy (non-hydrogen) atoms. The number of nitrogens with one attached hydrogen (secondary N) is 1. The molecule has 7 heteroatoms. The van der Waals surface area contributed by atoms with Crippen LogP contribution in [0.5, 0.6) is 0 Å². The van der Waals surface area contributed by atoms with Crippen molar-refractivity contribution in [3.63, 3.8) is 0 Å². The van der Waals surface area contributed by atoms with Gasteiger partial charge in [-0.15, -0.1) is 0 Å². The lowest BCUT2D eigenvalue weighted by molar-refractivity contribution is 0.530. The molecule has 0 spiro atoms. The van der Waals surface area contributed by atoms with Gasteiger partial charge in [0.25, 0.3) is 0 Å². The number of aryl methyl sites for hydroxylation is 2. The lowest BCUT2D eigenvalue weighted by atomic mass is 10.0. The van der Waals surface area contributed by atoms with Crippen LogP contribution in [0.25, 0.3) is 0 Å². The number of halogens is 3. The Morgan fingerprint density at radius 1 is 1.29 bits per heavy atom. The Labute approximate surface area is 139 Å². The van der Waals surface area contributed by atoms with E-state index in [1.165, 1.54) is 0 Å². The van der Waals surface area contributed by atoms with Crippen molar-refractivity contribution in [1.29, 1.82) is 0 Å². The van der Waals surface area contributed by atoms with Gasteiger partial charge in [-0.1, -0.05) is 53.9 Å². The lowest BCUT2D eigenvalue weighted by Gasteiger charge is -2.18. The van der Waals surface area contributed by atoms with Crippen molar-refractivity contribution in [3.05, 3.63) is 50.2 Å². The molecule has 1 aromatic carbocycles. The third-order valence-corrected chi connectivity index (χ3v) is 4.73. The van der Waals surface area contributed by atoms with E-state index in [4.69, 9.17) is 40.6 Å². The zero-order valence-corrected chi connectivity index (χ0v) is 14.1. The zero-order valence-electron chi connectivity index (χ0n) is 11.8. The van der Waals surface area contributed by atoms with Gasteiger partial charge in [0.15, 0.2) is 0 Å². The fourth-order valence-corrected chi connectivity index (χ4v) is 3.09. The van der Waals surface area contributed by atoms with Gasteiger partial charge in [0.1, 0.15) is 0 Å². The van der Waals surface area contributed by atoms with Crippen LogP contribution in [0.2, 0.25) is 15.1 Å². The molecule has 2 aromatic rings. The molecule has 0 saturated heterocycles. The molecule has 2 rings (SSSR count). The van der Waals surface area contributed by atoms with Gasteiger partial charge in [0.2, 0.25) is 0 Å². The maximum Gasteiger partial charge on any atom is 0.0850 e. The van der Waals surface area contributed by atoms with Gasteiger partial charge in [0, 0.05) is 13.5 Å². The van der Waals surface area contributed by atoms with Gasteiger partial charge < -0.3 is 0 Å². The minimum absolute atomic E-state index is 0.200. The fourth-order valence-electron chi connectivity index (χ4n) is 2.28. The van der Waals surface area contributed by atoms with Crippen LogP contribution < -0.4 is 11.3 Å². The predicted octanol–water partition coefficient (Wildman–Crippen LogP) is 3.69. The summed E-state index contributed by atoms with van der Waals surface area (Å²) in [6, 6.07) is 5.28. The molecule has 1 heterocycles. The van der Waals surface area contributed by atoms with Crippen molar-refractivity contribution in [1.82, 2.24) is 15.2 Å². The van der Waals surface area contributed by atoms with E-state index in [2.05, 4.69) is 10.5 Å². The monoisotopic (exact) mass is 346 g/mol. The first-order chi connectivity index (χ1) is 9.99. The summed E-state index contributed by atoms with van der Waals surface area (Å²) in [5, 5.41) is 6.08. The summed E-state index contributed by atoms with van der Waals surface area (Å²) in [6.07, 6.45) is 1.35. The third-order valence-electron chi connectivity index (χ3n) is 3.46. The smallest absolute Gasteiger partial charge is 0.0850 e. The van der Waals surface area contributed by atoms with Crippen LogP contribution in [0.4, 0.5) is 0 Å². The Balaban J connectivity index is 2.36. The largest absolute Gasteiger partial charge is 0.271 e. The minimum Gasteiger partial charge on any atom is -0.271 e. The van der Waals surface area contributed by atoms with Crippen LogP contribution >= 0.6 is 34.8 Å². The fraction of sp³-hybridized carbons (Fsp3) is 0.357. The number of rotatable bonds is 5. The molecule has 114 valence electrons. The van der Waals surface area contributed by atoms with E-state index >= 15 is 0 Å². The summed E-state index contributed by atoms with van der Waals surface area (Å²) in [7, 11) is 1.87. The van der Waals surface area contributed by atoms with Gasteiger partial charge in [-0.3, -0.25) is 16.0 Å². The first kappa shape index (κ1) is 16.6. The summed E-state index contributed by atoms with van der Waals surface area (Å²) < 4.78 is 1.78. The minimum atomic E-state index is -0.200. The Kier molecular flexibility index (Phi) is 5.52. The molecular formula is C14H17Cl3N4. The summed E-state index contributed by atoms with van der Waals surface area (Å²) in [6.45, 7) is 2.02. The highest BCUT2D eigenvalue weighted by molar-refractivity contribution is 6.42. The molecule has 4 nitrogen and oxygen atoms in total. The van der Waals surface area contributed by atoms with Gasteiger partial charge in [-0.25, -0.2) is 0 Å². The van der Waals surface area contributed by atoms with E-state index in [0.29, 0.717) is 21.5 Å². The van der Waals surface area contributed by atoms with Crippen molar-refractivity contribution in [2.24, 2.45) is 12.9 Å². The van der Waals surface area contributed by atoms with Gasteiger partial charge in [0.05, 0.1) is 32.5 Å². The molecule has 0 bridgehead atoms. The number of hydrogen-bond acceptors (Lipinski definition) is 3. The van der Waals surface area contributed by atoms with Crippen molar-refractivity contribution in [3.8, 4) is 0 Å². The standard InChI is InChI=1S/C14H17Cl3N4/c1-3-10-14(17)12(21(2)20-10)7-11(19-18)8-5-4-6-9(15)13(8)16/h4-6,11,19H,3,7,18H2,1-2H3. The van der Waals surface area contributed by atoms with E-state index in [-0.39, 0.29) is 6.04 Å². The number of hydrogen-bond donors (Lipinski definition) is 2. The molecule has 1 unspecified atom stereocenters. The van der Waals surface area contributed by atoms with Crippen molar-refractivity contribution >= 4 is 34.8 Å². The summed E-state index contributed by atoms with van der Waals surface area (Å²) in [4.78, 5) is 0. The summed E-state index contributed by atoms with van der Waals surface area (Å²) >= 11 is 18.7. The van der Waals surface area contributed by atoms with Crippen molar-refractivity contribution < 1.29 is 0 Å². The maximum absolute atomic E-state index is 6.38. The third kappa shape index (κ3) is 3.35. The number of hydrazine groups is 1. The number of nitrogens with zero attached hydrogens (tertiary/aromatic N) is 2. The highest BCUT2D eigenvalue weighted by Gasteiger charge is 2.21. The molecule has 1 atom stereocenters. The van der Waals surface area contributed by atoms with Crippen molar-refractivity contribution in [2.45, 2.75) is 25.8 Å². The highest BCUT2D eigenvalue weighted by Crippen LogP contribution is 2.32. The SMILES string of the molecule is CCc1nn(C)c(CC(NN)c2cccc(Cl)c2Cl)c1Cl. The van der Waals surface area contributed by atoms with Crippen molar-refractivity contribution in [2.75, 3.05) is 0 Å². The van der Waals surface area contributed by atoms with Gasteiger partial charge in [-0.2, -0.15) is 5.10 Å². The Bertz CT molecular complexity index is 639. The van der Waals surface area contributed by atoms with Crippen LogP contribution in [-0.2, 0) is 19.9 Å². The molecule has 3 N–H and O–H groups in total. The number of aromatic nitrogens is 2. The number of benzene rings is 1. The molecule has 0 saturated carbocycles. The molecule has 0 aliphatic heterocycles. The predicted molar refractivity (Wildman–Crippen MR) is 87.8 cm³/mol. The van der Waals surface area contributed by atoms with Crippen LogP contribution in [-0.4, -0.2) is 9.78 Å². The Morgan fingerprint density at radius 3 is 2.57 bits per heavy atom. The molecule has 1 aromatic heterocycles. The van der Waals surface area contributed by atoms with E-state index < -0.39 is 0 Å². The van der Waals surface area contributed by atoms with Gasteiger partial charge >= 0.3 is 0 Å². The first-order valence-electron chi connectivity index (χ1n) is 6.59. The van der Waals surface area contributed by atoms with Gasteiger partial charge in [-0.05, 0) is 18.1 Å². The molecule has 0 aliphatic carbocycles. The van der Waals surface area contributed by atoms with Crippen LogP contribution in [0.3, 0.4) is 0 Å². The summed E-state index contributed by atoms with van der Waals surface area (Å²) in [5.74, 6) is 5.69. The molecule has 0 amide bonds. The highest BCUT2D eigenvalue weighted by atomic mass is 35.5. The van der Waals surface area contributed by atoms with Crippen LogP contribution in [0.15, 0.2) is 18.2 Å². The average Bonchev–Trinajstić information content (AvgIpc) is 2.74. The van der Waals surface area contributed by atoms with Crippen LogP contribution in [0.1, 0.15) is 29.9 Å².